The van der Waals surface area contributed by atoms with E-state index in [2.05, 4.69) is 15.1 Å². The van der Waals surface area contributed by atoms with Crippen LogP contribution in [-0.4, -0.2) is 21.0 Å². The fraction of sp³-hybridized carbons (Fsp3) is 0. The molecule has 0 spiro atoms. The summed E-state index contributed by atoms with van der Waals surface area (Å²) in [5.41, 5.74) is 7.57. The molecule has 20 heavy (non-hydrogen) atoms. The molecule has 0 unspecified atom stereocenters. The van der Waals surface area contributed by atoms with Crippen molar-refractivity contribution < 1.29 is 9.62 Å². The first-order valence-electron chi connectivity index (χ1n) is 5.73. The van der Waals surface area contributed by atoms with Gasteiger partial charge in [0.25, 0.3) is 5.22 Å². The topological polar surface area (TPSA) is 97.5 Å². The van der Waals surface area contributed by atoms with Crippen LogP contribution >= 0.6 is 11.8 Å². The van der Waals surface area contributed by atoms with Gasteiger partial charge in [-0.1, -0.05) is 17.3 Å². The molecule has 0 amide bonds. The number of hydrogen-bond acceptors (Lipinski definition) is 6. The van der Waals surface area contributed by atoms with Gasteiger partial charge in [-0.25, -0.2) is 9.97 Å². The number of hydrogen-bond donors (Lipinski definition) is 2. The average Bonchev–Trinajstić information content (AvgIpc) is 2.89. The van der Waals surface area contributed by atoms with Gasteiger partial charge in [0.15, 0.2) is 11.4 Å². The van der Waals surface area contributed by atoms with Crippen molar-refractivity contribution in [3.8, 4) is 0 Å². The largest absolute Gasteiger partial charge is 0.431 e. The third-order valence-electron chi connectivity index (χ3n) is 2.61. The summed E-state index contributed by atoms with van der Waals surface area (Å²) in [7, 11) is 0. The lowest BCUT2D eigenvalue weighted by Crippen LogP contribution is -2.13. The van der Waals surface area contributed by atoms with Crippen LogP contribution in [0, 0.1) is 0 Å². The van der Waals surface area contributed by atoms with Crippen LogP contribution in [0.3, 0.4) is 0 Å². The van der Waals surface area contributed by atoms with Crippen molar-refractivity contribution in [2.75, 3.05) is 0 Å². The monoisotopic (exact) mass is 286 g/mol. The van der Waals surface area contributed by atoms with Crippen LogP contribution < -0.4 is 5.73 Å². The third kappa shape index (κ3) is 2.43. The van der Waals surface area contributed by atoms with Gasteiger partial charge in [-0.15, -0.1) is 0 Å². The fourth-order valence-corrected chi connectivity index (χ4v) is 2.33. The first kappa shape index (κ1) is 12.5. The number of oxime groups is 1. The first-order chi connectivity index (χ1) is 9.76. The molecule has 100 valence electrons. The van der Waals surface area contributed by atoms with E-state index in [-0.39, 0.29) is 5.84 Å². The number of amidine groups is 1. The number of oxazole rings is 1. The molecule has 2 aromatic heterocycles. The predicted octanol–water partition coefficient (Wildman–Crippen LogP) is 2.47. The van der Waals surface area contributed by atoms with E-state index in [4.69, 9.17) is 15.4 Å². The Labute approximate surface area is 118 Å². The second kappa shape index (κ2) is 5.22. The highest BCUT2D eigenvalue weighted by molar-refractivity contribution is 7.99. The maximum Gasteiger partial charge on any atom is 0.263 e. The smallest absolute Gasteiger partial charge is 0.263 e. The molecule has 0 atom stereocenters. The second-order valence-corrected chi connectivity index (χ2v) is 4.89. The van der Waals surface area contributed by atoms with Crippen LogP contribution in [-0.2, 0) is 0 Å². The van der Waals surface area contributed by atoms with Gasteiger partial charge in [0.1, 0.15) is 10.5 Å². The van der Waals surface area contributed by atoms with E-state index in [1.807, 2.05) is 24.3 Å². The van der Waals surface area contributed by atoms with E-state index < -0.39 is 0 Å². The highest BCUT2D eigenvalue weighted by Crippen LogP contribution is 2.28. The molecule has 7 heteroatoms. The predicted molar refractivity (Wildman–Crippen MR) is 74.9 cm³/mol. The van der Waals surface area contributed by atoms with Crippen molar-refractivity contribution in [1.29, 1.82) is 0 Å². The molecule has 0 aliphatic heterocycles. The molecular weight excluding hydrogens is 276 g/mol. The van der Waals surface area contributed by atoms with Crippen LogP contribution in [0.1, 0.15) is 5.56 Å². The van der Waals surface area contributed by atoms with Gasteiger partial charge in [-0.2, -0.15) is 0 Å². The number of para-hydroxylation sites is 2. The van der Waals surface area contributed by atoms with Crippen molar-refractivity contribution in [1.82, 2.24) is 9.97 Å². The summed E-state index contributed by atoms with van der Waals surface area (Å²) in [5, 5.41) is 12.7. The molecule has 0 aliphatic rings. The zero-order valence-corrected chi connectivity index (χ0v) is 11.0. The van der Waals surface area contributed by atoms with Gasteiger partial charge in [-0.3, -0.25) is 0 Å². The quantitative estimate of drug-likeness (QED) is 0.332. The maximum atomic E-state index is 8.58. The fourth-order valence-electron chi connectivity index (χ4n) is 1.63. The standard InChI is InChI=1S/C13H10N4O2S/c14-12(17-18)8-5-6-11(15-7-8)20-13-16-9-3-1-2-4-10(9)19-13/h1-7,18H,(H2,14,17). The minimum Gasteiger partial charge on any atom is -0.431 e. The van der Waals surface area contributed by atoms with Gasteiger partial charge < -0.3 is 15.4 Å². The number of fused-ring (bicyclic) bond motifs is 1. The van der Waals surface area contributed by atoms with Crippen molar-refractivity contribution >= 4 is 28.7 Å². The minimum atomic E-state index is 0.0240. The normalized spacial score (nSPS) is 11.9. The van der Waals surface area contributed by atoms with E-state index in [0.717, 1.165) is 11.1 Å². The van der Waals surface area contributed by atoms with Crippen molar-refractivity contribution in [2.24, 2.45) is 10.9 Å². The van der Waals surface area contributed by atoms with Gasteiger partial charge in [0, 0.05) is 11.8 Å². The number of nitrogens with zero attached hydrogens (tertiary/aromatic N) is 3. The molecule has 0 aliphatic carbocycles. The molecule has 0 fully saturated rings. The molecule has 1 aromatic carbocycles. The molecule has 0 bridgehead atoms. The van der Waals surface area contributed by atoms with Crippen LogP contribution in [0.2, 0.25) is 0 Å². The highest BCUT2D eigenvalue weighted by Gasteiger charge is 2.08. The van der Waals surface area contributed by atoms with Crippen molar-refractivity contribution in [2.45, 2.75) is 10.2 Å². The van der Waals surface area contributed by atoms with Crippen LogP contribution in [0.4, 0.5) is 0 Å². The lowest BCUT2D eigenvalue weighted by molar-refractivity contribution is 0.318. The zero-order valence-electron chi connectivity index (χ0n) is 10.2. The van der Waals surface area contributed by atoms with Gasteiger partial charge in [0.05, 0.1) is 0 Å². The molecular formula is C13H10N4O2S. The Hall–Kier alpha value is -2.54. The number of rotatable bonds is 3. The van der Waals surface area contributed by atoms with Gasteiger partial charge in [-0.05, 0) is 36.0 Å². The summed E-state index contributed by atoms with van der Waals surface area (Å²) in [5.74, 6) is 0.0240. The van der Waals surface area contributed by atoms with Crippen molar-refractivity contribution in [3.63, 3.8) is 0 Å². The summed E-state index contributed by atoms with van der Waals surface area (Å²) in [6.07, 6.45) is 1.53. The molecule has 0 saturated heterocycles. The molecule has 6 nitrogen and oxygen atoms in total. The van der Waals surface area contributed by atoms with Crippen LogP contribution in [0.5, 0.6) is 0 Å². The number of pyridine rings is 1. The van der Waals surface area contributed by atoms with E-state index in [0.29, 0.717) is 15.8 Å². The van der Waals surface area contributed by atoms with Crippen molar-refractivity contribution in [3.05, 3.63) is 48.2 Å². The third-order valence-corrected chi connectivity index (χ3v) is 3.41. The van der Waals surface area contributed by atoms with Crippen LogP contribution in [0.15, 0.2) is 62.4 Å². The van der Waals surface area contributed by atoms with E-state index >= 15 is 0 Å². The summed E-state index contributed by atoms with van der Waals surface area (Å²) >= 11 is 1.31. The Kier molecular flexibility index (Phi) is 3.26. The number of nitrogens with two attached hydrogens (primary N) is 1. The Bertz CT molecular complexity index is 734. The van der Waals surface area contributed by atoms with Crippen LogP contribution in [0.25, 0.3) is 11.1 Å². The summed E-state index contributed by atoms with van der Waals surface area (Å²) in [4.78, 5) is 8.55. The van der Waals surface area contributed by atoms with E-state index in [9.17, 15) is 0 Å². The maximum absolute atomic E-state index is 8.58. The Morgan fingerprint density at radius 1 is 1.25 bits per heavy atom. The Morgan fingerprint density at radius 3 is 2.80 bits per heavy atom. The Balaban J connectivity index is 1.83. The SMILES string of the molecule is N/C(=N\O)c1ccc(Sc2nc3ccccc3o2)nc1. The molecule has 3 N–H and O–H groups in total. The molecule has 0 radical (unpaired) electrons. The second-order valence-electron chi connectivity index (χ2n) is 3.92. The summed E-state index contributed by atoms with van der Waals surface area (Å²) in [6.45, 7) is 0. The lowest BCUT2D eigenvalue weighted by atomic mass is 10.3. The highest BCUT2D eigenvalue weighted by atomic mass is 32.2. The Morgan fingerprint density at radius 2 is 2.10 bits per heavy atom. The number of benzene rings is 1. The molecule has 3 rings (SSSR count). The van der Waals surface area contributed by atoms with E-state index in [1.165, 1.54) is 18.0 Å². The number of aromatic nitrogens is 2. The minimum absolute atomic E-state index is 0.0240. The zero-order chi connectivity index (χ0) is 13.9. The molecule has 2 heterocycles. The lowest BCUT2D eigenvalue weighted by Gasteiger charge is -1.99. The van der Waals surface area contributed by atoms with Gasteiger partial charge in [0.2, 0.25) is 0 Å². The van der Waals surface area contributed by atoms with Gasteiger partial charge >= 0.3 is 0 Å². The summed E-state index contributed by atoms with van der Waals surface area (Å²) < 4.78 is 5.59. The average molecular weight is 286 g/mol. The molecule has 3 aromatic rings. The first-order valence-corrected chi connectivity index (χ1v) is 6.55. The van der Waals surface area contributed by atoms with E-state index in [1.54, 1.807) is 12.1 Å². The molecule has 0 saturated carbocycles. The summed E-state index contributed by atoms with van der Waals surface area (Å²) in [6, 6.07) is 11.0.